The predicted molar refractivity (Wildman–Crippen MR) is 126 cm³/mol. The molecule has 1 fully saturated rings. The van der Waals surface area contributed by atoms with Gasteiger partial charge < -0.3 is 25.0 Å². The summed E-state index contributed by atoms with van der Waals surface area (Å²) in [4.78, 5) is 37.7. The Labute approximate surface area is 203 Å². The Morgan fingerprint density at radius 2 is 2.15 bits per heavy atom. The number of rotatable bonds is 7. The Kier molecular flexibility index (Phi) is 7.18. The Balaban J connectivity index is 1.50. The zero-order valence-corrected chi connectivity index (χ0v) is 19.9. The standard InChI is InChI=1S/C21H21Cl2N5O4S/c1-11-16(22)17(23)18(26-11)19(29)27-13-5-7-28(21-25-8-15(33-21)20(30)31)9-14(13)32-10-12-4-2-3-6-24-12/h2-4,6,8,13-14,26H,5,7,9-10H2,1H3,(H,27,29)(H,30,31)/t13-,14-/m0/s1. The molecule has 1 amide bonds. The van der Waals surface area contributed by atoms with Crippen molar-refractivity contribution in [3.05, 3.63) is 62.6 Å². The minimum atomic E-state index is -1.01. The van der Waals surface area contributed by atoms with E-state index in [1.54, 1.807) is 13.1 Å². The maximum Gasteiger partial charge on any atom is 0.347 e. The molecule has 9 nitrogen and oxygen atoms in total. The molecule has 0 bridgehead atoms. The molecule has 0 radical (unpaired) electrons. The number of carbonyl (C=O) groups is 2. The first-order valence-corrected chi connectivity index (χ1v) is 11.7. The summed E-state index contributed by atoms with van der Waals surface area (Å²) in [5.41, 5.74) is 1.58. The number of thiazole rings is 1. The summed E-state index contributed by atoms with van der Waals surface area (Å²) in [6.07, 6.45) is 3.20. The quantitative estimate of drug-likeness (QED) is 0.443. The molecule has 3 aromatic rings. The van der Waals surface area contributed by atoms with Gasteiger partial charge in [0.1, 0.15) is 10.6 Å². The largest absolute Gasteiger partial charge is 0.477 e. The summed E-state index contributed by atoms with van der Waals surface area (Å²) in [5, 5.41) is 13.3. The number of anilines is 1. The number of ether oxygens (including phenoxy) is 1. The average Bonchev–Trinajstić information content (AvgIpc) is 3.41. The van der Waals surface area contributed by atoms with Crippen LogP contribution in [-0.4, -0.2) is 57.2 Å². The molecule has 0 aromatic carbocycles. The second kappa shape index (κ2) is 10.1. The molecule has 1 saturated heterocycles. The van der Waals surface area contributed by atoms with E-state index < -0.39 is 12.1 Å². The van der Waals surface area contributed by atoms with Crippen LogP contribution in [0.3, 0.4) is 0 Å². The number of aromatic nitrogens is 3. The summed E-state index contributed by atoms with van der Waals surface area (Å²) < 4.78 is 6.16. The zero-order valence-electron chi connectivity index (χ0n) is 17.5. The normalized spacial score (nSPS) is 18.3. The maximum absolute atomic E-state index is 12.9. The van der Waals surface area contributed by atoms with Crippen LogP contribution in [0, 0.1) is 6.92 Å². The molecule has 0 aliphatic carbocycles. The fourth-order valence-electron chi connectivity index (χ4n) is 3.58. The third kappa shape index (κ3) is 5.30. The van der Waals surface area contributed by atoms with E-state index >= 15 is 0 Å². The van der Waals surface area contributed by atoms with E-state index in [4.69, 9.17) is 27.9 Å². The zero-order chi connectivity index (χ0) is 23.5. The van der Waals surface area contributed by atoms with Gasteiger partial charge in [0.15, 0.2) is 5.13 Å². The van der Waals surface area contributed by atoms with Crippen LogP contribution in [0.1, 0.15) is 38.0 Å². The van der Waals surface area contributed by atoms with Gasteiger partial charge in [0, 0.05) is 25.0 Å². The van der Waals surface area contributed by atoms with E-state index in [1.165, 1.54) is 6.20 Å². The number of H-pyrrole nitrogens is 1. The minimum Gasteiger partial charge on any atom is -0.477 e. The van der Waals surface area contributed by atoms with Gasteiger partial charge in [-0.25, -0.2) is 9.78 Å². The molecule has 174 valence electrons. The van der Waals surface area contributed by atoms with Crippen molar-refractivity contribution in [3.8, 4) is 0 Å². The molecule has 4 rings (SSSR count). The van der Waals surface area contributed by atoms with Gasteiger partial charge in [0.25, 0.3) is 5.91 Å². The molecule has 0 unspecified atom stereocenters. The lowest BCUT2D eigenvalue weighted by Crippen LogP contribution is -2.55. The SMILES string of the molecule is Cc1[nH]c(C(=O)N[C@H]2CCN(c3ncc(C(=O)O)s3)C[C@@H]2OCc2ccccn2)c(Cl)c1Cl. The number of hydrogen-bond acceptors (Lipinski definition) is 7. The van der Waals surface area contributed by atoms with Crippen LogP contribution in [0.4, 0.5) is 5.13 Å². The molecule has 12 heteroatoms. The number of carboxylic acid groups (broad SMARTS) is 1. The third-order valence-corrected chi connectivity index (χ3v) is 7.30. The lowest BCUT2D eigenvalue weighted by Gasteiger charge is -2.38. The number of carboxylic acids is 1. The molecule has 33 heavy (non-hydrogen) atoms. The molecule has 2 atom stereocenters. The van der Waals surface area contributed by atoms with Gasteiger partial charge in [-0.1, -0.05) is 40.6 Å². The van der Waals surface area contributed by atoms with Gasteiger partial charge >= 0.3 is 5.97 Å². The van der Waals surface area contributed by atoms with Crippen LogP contribution in [0.2, 0.25) is 10.0 Å². The van der Waals surface area contributed by atoms with Crippen molar-refractivity contribution in [2.45, 2.75) is 32.1 Å². The highest BCUT2D eigenvalue weighted by Gasteiger charge is 2.34. The average molecular weight is 510 g/mol. The van der Waals surface area contributed by atoms with Gasteiger partial charge in [0.2, 0.25) is 0 Å². The number of piperidine rings is 1. The number of hydrogen-bond donors (Lipinski definition) is 3. The second-order valence-electron chi connectivity index (χ2n) is 7.55. The van der Waals surface area contributed by atoms with Crippen LogP contribution < -0.4 is 10.2 Å². The van der Waals surface area contributed by atoms with E-state index in [0.29, 0.717) is 35.4 Å². The molecule has 3 aromatic heterocycles. The van der Waals surface area contributed by atoms with E-state index in [0.717, 1.165) is 17.0 Å². The smallest absolute Gasteiger partial charge is 0.347 e. The van der Waals surface area contributed by atoms with Gasteiger partial charge in [-0.15, -0.1) is 0 Å². The third-order valence-electron chi connectivity index (χ3n) is 5.30. The van der Waals surface area contributed by atoms with Crippen molar-refractivity contribution >= 4 is 51.5 Å². The van der Waals surface area contributed by atoms with Crippen molar-refractivity contribution in [2.24, 2.45) is 0 Å². The highest BCUT2D eigenvalue weighted by molar-refractivity contribution is 7.17. The highest BCUT2D eigenvalue weighted by Crippen LogP contribution is 2.30. The number of carbonyl (C=O) groups excluding carboxylic acids is 1. The summed E-state index contributed by atoms with van der Waals surface area (Å²) >= 11 is 13.4. The monoisotopic (exact) mass is 509 g/mol. The van der Waals surface area contributed by atoms with Gasteiger partial charge in [-0.2, -0.15) is 0 Å². The van der Waals surface area contributed by atoms with Crippen LogP contribution in [0.5, 0.6) is 0 Å². The fourth-order valence-corrected chi connectivity index (χ4v) is 4.79. The Morgan fingerprint density at radius 3 is 2.79 bits per heavy atom. The minimum absolute atomic E-state index is 0.167. The highest BCUT2D eigenvalue weighted by atomic mass is 35.5. The number of pyridine rings is 1. The molecule has 1 aliphatic rings. The van der Waals surface area contributed by atoms with E-state index in [-0.39, 0.29) is 34.1 Å². The first-order valence-electron chi connectivity index (χ1n) is 10.1. The molecule has 0 spiro atoms. The van der Waals surface area contributed by atoms with Crippen LogP contribution in [-0.2, 0) is 11.3 Å². The number of halogens is 2. The Hall–Kier alpha value is -2.66. The second-order valence-corrected chi connectivity index (χ2v) is 9.32. The number of aromatic amines is 1. The molecular formula is C21H21Cl2N5O4S. The summed E-state index contributed by atoms with van der Waals surface area (Å²) in [5.74, 6) is -1.39. The number of nitrogens with zero attached hydrogens (tertiary/aromatic N) is 3. The molecule has 3 N–H and O–H groups in total. The lowest BCUT2D eigenvalue weighted by molar-refractivity contribution is 0.00825. The Morgan fingerprint density at radius 1 is 1.33 bits per heavy atom. The van der Waals surface area contributed by atoms with Gasteiger partial charge in [-0.3, -0.25) is 9.78 Å². The number of nitrogens with one attached hydrogen (secondary N) is 2. The molecule has 1 aliphatic heterocycles. The van der Waals surface area contributed by atoms with Crippen LogP contribution in [0.15, 0.2) is 30.6 Å². The first kappa shape index (κ1) is 23.5. The molecular weight excluding hydrogens is 489 g/mol. The van der Waals surface area contributed by atoms with E-state index in [9.17, 15) is 14.7 Å². The van der Waals surface area contributed by atoms with Crippen molar-refractivity contribution < 1.29 is 19.4 Å². The fraction of sp³-hybridized carbons (Fsp3) is 0.333. The number of aryl methyl sites for hydroxylation is 1. The van der Waals surface area contributed by atoms with Crippen molar-refractivity contribution in [1.82, 2.24) is 20.3 Å². The summed E-state index contributed by atoms with van der Waals surface area (Å²) in [6.45, 7) is 2.99. The molecule has 0 saturated carbocycles. The summed E-state index contributed by atoms with van der Waals surface area (Å²) in [6, 6.07) is 5.25. The topological polar surface area (TPSA) is 120 Å². The molecule has 4 heterocycles. The van der Waals surface area contributed by atoms with Crippen molar-refractivity contribution in [2.75, 3.05) is 18.0 Å². The van der Waals surface area contributed by atoms with Gasteiger partial charge in [-0.05, 0) is 25.5 Å². The van der Waals surface area contributed by atoms with Crippen LogP contribution >= 0.6 is 34.5 Å². The lowest BCUT2D eigenvalue weighted by atomic mass is 10.0. The number of amides is 1. The van der Waals surface area contributed by atoms with E-state index in [1.807, 2.05) is 23.1 Å². The van der Waals surface area contributed by atoms with Crippen molar-refractivity contribution in [1.29, 1.82) is 0 Å². The van der Waals surface area contributed by atoms with Gasteiger partial charge in [0.05, 0.1) is 40.7 Å². The Bertz CT molecular complexity index is 1150. The first-order chi connectivity index (χ1) is 15.8. The maximum atomic E-state index is 12.9. The van der Waals surface area contributed by atoms with E-state index in [2.05, 4.69) is 20.3 Å². The predicted octanol–water partition coefficient (Wildman–Crippen LogP) is 3.77. The van der Waals surface area contributed by atoms with Crippen LogP contribution in [0.25, 0.3) is 0 Å². The summed E-state index contributed by atoms with van der Waals surface area (Å²) in [7, 11) is 0. The van der Waals surface area contributed by atoms with Crippen molar-refractivity contribution in [3.63, 3.8) is 0 Å². The number of aromatic carboxylic acids is 1.